The van der Waals surface area contributed by atoms with Gasteiger partial charge in [0, 0.05) is 10.0 Å². The van der Waals surface area contributed by atoms with Crippen molar-refractivity contribution in [3.63, 3.8) is 0 Å². The van der Waals surface area contributed by atoms with Crippen LogP contribution in [0, 0.1) is 17.7 Å². The van der Waals surface area contributed by atoms with Crippen LogP contribution < -0.4 is 0 Å². The Labute approximate surface area is 133 Å². The summed E-state index contributed by atoms with van der Waals surface area (Å²) in [5.74, 6) is 0.431. The van der Waals surface area contributed by atoms with Crippen LogP contribution in [-0.4, -0.2) is 5.11 Å². The summed E-state index contributed by atoms with van der Waals surface area (Å²) >= 11 is 9.09. The lowest BCUT2D eigenvalue weighted by atomic mass is 9.76. The van der Waals surface area contributed by atoms with Gasteiger partial charge in [-0.25, -0.2) is 4.39 Å². The first-order valence-electron chi connectivity index (χ1n) is 7.36. The van der Waals surface area contributed by atoms with Crippen molar-refractivity contribution in [2.75, 3.05) is 0 Å². The van der Waals surface area contributed by atoms with Crippen LogP contribution in [0.5, 0.6) is 0 Å². The van der Waals surface area contributed by atoms with Gasteiger partial charge in [-0.15, -0.1) is 0 Å². The smallest absolute Gasteiger partial charge is 0.148 e. The SMILES string of the molecule is CCCC1CCC(C(O)c2ccc(Br)c(Cl)c2F)CC1. The lowest BCUT2D eigenvalue weighted by Crippen LogP contribution is -2.21. The summed E-state index contributed by atoms with van der Waals surface area (Å²) in [5.41, 5.74) is 0.331. The molecule has 0 saturated heterocycles. The summed E-state index contributed by atoms with van der Waals surface area (Å²) in [6.45, 7) is 2.21. The minimum atomic E-state index is -0.747. The second-order valence-electron chi connectivity index (χ2n) is 5.78. The predicted molar refractivity (Wildman–Crippen MR) is 84.4 cm³/mol. The molecule has 1 saturated carbocycles. The van der Waals surface area contributed by atoms with Gasteiger partial charge in [0.05, 0.1) is 11.1 Å². The van der Waals surface area contributed by atoms with Gasteiger partial charge in [-0.3, -0.25) is 0 Å². The van der Waals surface area contributed by atoms with E-state index < -0.39 is 11.9 Å². The quantitative estimate of drug-likeness (QED) is 0.662. The molecule has 0 aromatic heterocycles. The molecule has 0 heterocycles. The van der Waals surface area contributed by atoms with E-state index in [0.29, 0.717) is 10.0 Å². The molecule has 0 bridgehead atoms. The van der Waals surface area contributed by atoms with Crippen LogP contribution in [-0.2, 0) is 0 Å². The second-order valence-corrected chi connectivity index (χ2v) is 7.01. The lowest BCUT2D eigenvalue weighted by molar-refractivity contribution is 0.0694. The maximum absolute atomic E-state index is 14.1. The number of benzene rings is 1. The minimum Gasteiger partial charge on any atom is -0.388 e. The van der Waals surface area contributed by atoms with Crippen LogP contribution in [0.3, 0.4) is 0 Å². The molecule has 1 atom stereocenters. The first kappa shape index (κ1) is 16.3. The van der Waals surface area contributed by atoms with Gasteiger partial charge in [0.2, 0.25) is 0 Å². The van der Waals surface area contributed by atoms with Gasteiger partial charge in [-0.05, 0) is 46.7 Å². The maximum atomic E-state index is 14.1. The molecule has 2 rings (SSSR count). The summed E-state index contributed by atoms with van der Waals surface area (Å²) in [6, 6.07) is 3.33. The molecule has 1 nitrogen and oxygen atoms in total. The average molecular weight is 364 g/mol. The molecule has 1 aliphatic carbocycles. The molecule has 0 spiro atoms. The van der Waals surface area contributed by atoms with Gasteiger partial charge < -0.3 is 5.11 Å². The highest BCUT2D eigenvalue weighted by atomic mass is 79.9. The molecule has 1 fully saturated rings. The normalized spacial score (nSPS) is 24.6. The van der Waals surface area contributed by atoms with E-state index >= 15 is 0 Å². The van der Waals surface area contributed by atoms with Crippen molar-refractivity contribution in [1.29, 1.82) is 0 Å². The third-order valence-electron chi connectivity index (χ3n) is 4.42. The summed E-state index contributed by atoms with van der Waals surface area (Å²) in [4.78, 5) is 0. The molecule has 1 aromatic rings. The van der Waals surface area contributed by atoms with Crippen LogP contribution in [0.4, 0.5) is 4.39 Å². The highest BCUT2D eigenvalue weighted by Crippen LogP contribution is 2.40. The largest absolute Gasteiger partial charge is 0.388 e. The third-order valence-corrected chi connectivity index (χ3v) is 5.68. The van der Waals surface area contributed by atoms with Crippen molar-refractivity contribution in [3.05, 3.63) is 33.0 Å². The molecule has 1 aromatic carbocycles. The molecule has 0 radical (unpaired) electrons. The molecule has 20 heavy (non-hydrogen) atoms. The van der Waals surface area contributed by atoms with E-state index in [1.807, 2.05) is 0 Å². The average Bonchev–Trinajstić information content (AvgIpc) is 2.45. The number of aliphatic hydroxyl groups excluding tert-OH is 1. The Balaban J connectivity index is 2.06. The molecule has 4 heteroatoms. The Bertz CT molecular complexity index is 458. The zero-order valence-electron chi connectivity index (χ0n) is 11.7. The van der Waals surface area contributed by atoms with Crippen molar-refractivity contribution in [1.82, 2.24) is 0 Å². The summed E-state index contributed by atoms with van der Waals surface area (Å²) in [5, 5.41) is 10.5. The van der Waals surface area contributed by atoms with E-state index in [1.165, 1.54) is 12.8 Å². The standard InChI is InChI=1S/C16H21BrClFO/c1-2-3-10-4-6-11(7-5-10)16(20)12-8-9-13(17)14(18)15(12)19/h8-11,16,20H,2-7H2,1H3. The fraction of sp³-hybridized carbons (Fsp3) is 0.625. The minimum absolute atomic E-state index is 0.0567. The zero-order valence-corrected chi connectivity index (χ0v) is 14.1. The molecule has 1 N–H and O–H groups in total. The molecular formula is C16H21BrClFO. The topological polar surface area (TPSA) is 20.2 Å². The fourth-order valence-corrected chi connectivity index (χ4v) is 3.70. The Kier molecular flexibility index (Phi) is 5.88. The van der Waals surface area contributed by atoms with Crippen molar-refractivity contribution < 1.29 is 9.50 Å². The van der Waals surface area contributed by atoms with E-state index in [1.54, 1.807) is 12.1 Å². The second kappa shape index (κ2) is 7.24. The van der Waals surface area contributed by atoms with Crippen LogP contribution in [0.15, 0.2) is 16.6 Å². The van der Waals surface area contributed by atoms with E-state index in [-0.39, 0.29) is 10.9 Å². The van der Waals surface area contributed by atoms with Crippen molar-refractivity contribution in [2.45, 2.75) is 51.6 Å². The van der Waals surface area contributed by atoms with E-state index in [4.69, 9.17) is 11.6 Å². The van der Waals surface area contributed by atoms with E-state index in [2.05, 4.69) is 22.9 Å². The Hall–Kier alpha value is -0.120. The number of hydrogen-bond donors (Lipinski definition) is 1. The maximum Gasteiger partial charge on any atom is 0.148 e. The van der Waals surface area contributed by atoms with Crippen molar-refractivity contribution in [3.8, 4) is 0 Å². The molecular weight excluding hydrogens is 343 g/mol. The Morgan fingerprint density at radius 2 is 2.00 bits per heavy atom. The van der Waals surface area contributed by atoms with Crippen molar-refractivity contribution >= 4 is 27.5 Å². The molecule has 1 aliphatic rings. The van der Waals surface area contributed by atoms with Crippen molar-refractivity contribution in [2.24, 2.45) is 11.8 Å². The summed E-state index contributed by atoms with van der Waals surface area (Å²) in [7, 11) is 0. The van der Waals surface area contributed by atoms with Crippen LogP contribution in [0.25, 0.3) is 0 Å². The van der Waals surface area contributed by atoms with Gasteiger partial charge >= 0.3 is 0 Å². The Morgan fingerprint density at radius 3 is 2.60 bits per heavy atom. The molecule has 1 unspecified atom stereocenters. The fourth-order valence-electron chi connectivity index (χ4n) is 3.22. The Morgan fingerprint density at radius 1 is 1.35 bits per heavy atom. The van der Waals surface area contributed by atoms with Gasteiger partial charge in [-0.2, -0.15) is 0 Å². The summed E-state index contributed by atoms with van der Waals surface area (Å²) in [6.07, 6.45) is 5.96. The number of aliphatic hydroxyl groups is 1. The molecule has 0 aliphatic heterocycles. The first-order chi connectivity index (χ1) is 9.54. The summed E-state index contributed by atoms with van der Waals surface area (Å²) < 4.78 is 14.7. The van der Waals surface area contributed by atoms with Crippen LogP contribution in [0.1, 0.15) is 57.1 Å². The van der Waals surface area contributed by atoms with Gasteiger partial charge in [0.1, 0.15) is 5.82 Å². The highest BCUT2D eigenvalue weighted by molar-refractivity contribution is 9.10. The van der Waals surface area contributed by atoms with Gasteiger partial charge in [0.25, 0.3) is 0 Å². The highest BCUT2D eigenvalue weighted by Gasteiger charge is 2.29. The number of halogens is 3. The zero-order chi connectivity index (χ0) is 14.7. The lowest BCUT2D eigenvalue weighted by Gasteiger charge is -2.31. The monoisotopic (exact) mass is 362 g/mol. The number of rotatable bonds is 4. The number of hydrogen-bond acceptors (Lipinski definition) is 1. The predicted octanol–water partition coefficient (Wildman–Crippen LogP) is 5.88. The van der Waals surface area contributed by atoms with E-state index in [9.17, 15) is 9.50 Å². The van der Waals surface area contributed by atoms with Gasteiger partial charge in [-0.1, -0.05) is 50.3 Å². The van der Waals surface area contributed by atoms with Crippen LogP contribution in [0.2, 0.25) is 5.02 Å². The first-order valence-corrected chi connectivity index (χ1v) is 8.53. The van der Waals surface area contributed by atoms with E-state index in [0.717, 1.165) is 31.6 Å². The van der Waals surface area contributed by atoms with Gasteiger partial charge in [0.15, 0.2) is 0 Å². The molecule has 0 amide bonds. The van der Waals surface area contributed by atoms with Crippen LogP contribution >= 0.6 is 27.5 Å². The molecule has 112 valence electrons. The third kappa shape index (κ3) is 3.55.